The van der Waals surface area contributed by atoms with Crippen LogP contribution in [-0.2, 0) is 14.4 Å². The van der Waals surface area contributed by atoms with Crippen LogP contribution in [0.15, 0.2) is 6.20 Å². The van der Waals surface area contributed by atoms with Crippen molar-refractivity contribution in [1.29, 1.82) is 0 Å². The van der Waals surface area contributed by atoms with Crippen LogP contribution in [0.4, 0.5) is 5.13 Å². The molecule has 9 heteroatoms. The van der Waals surface area contributed by atoms with Crippen LogP contribution >= 0.6 is 11.3 Å². The summed E-state index contributed by atoms with van der Waals surface area (Å²) in [4.78, 5) is 44.5. The summed E-state index contributed by atoms with van der Waals surface area (Å²) in [5.74, 6) is -1.04. The van der Waals surface area contributed by atoms with Gasteiger partial charge in [-0.2, -0.15) is 0 Å². The highest BCUT2D eigenvalue weighted by molar-refractivity contribution is 7.15. The van der Waals surface area contributed by atoms with Crippen LogP contribution in [0, 0.1) is 18.8 Å². The topological polar surface area (TPSA) is 112 Å². The van der Waals surface area contributed by atoms with Gasteiger partial charge >= 0.3 is 0 Å². The van der Waals surface area contributed by atoms with Crippen molar-refractivity contribution in [2.24, 2.45) is 11.8 Å². The Morgan fingerprint density at radius 3 is 2.68 bits per heavy atom. The predicted molar refractivity (Wildman–Crippen MR) is 105 cm³/mol. The fourth-order valence-electron chi connectivity index (χ4n) is 4.33. The third kappa shape index (κ3) is 5.08. The molecule has 3 rings (SSSR count). The molecule has 0 radical (unpaired) electrons. The second-order valence-electron chi connectivity index (χ2n) is 7.78. The van der Waals surface area contributed by atoms with E-state index in [1.54, 1.807) is 16.6 Å². The lowest BCUT2D eigenvalue weighted by Gasteiger charge is -2.29. The summed E-state index contributed by atoms with van der Waals surface area (Å²) < 4.78 is 0. The summed E-state index contributed by atoms with van der Waals surface area (Å²) in [6, 6.07) is -0.542. The smallest absolute Gasteiger partial charge is 0.248 e. The van der Waals surface area contributed by atoms with Gasteiger partial charge in [-0.05, 0) is 32.1 Å². The minimum absolute atomic E-state index is 0.0532. The minimum Gasteiger partial charge on any atom is -0.330 e. The average Bonchev–Trinajstić information content (AvgIpc) is 3.42. The number of aryl methyl sites for hydroxylation is 1. The number of thiazole rings is 1. The van der Waals surface area contributed by atoms with Gasteiger partial charge in [0.1, 0.15) is 6.04 Å². The number of anilines is 1. The van der Waals surface area contributed by atoms with Crippen molar-refractivity contribution in [3.8, 4) is 0 Å². The average molecular weight is 409 g/mol. The van der Waals surface area contributed by atoms with Crippen molar-refractivity contribution >= 4 is 34.2 Å². The molecule has 1 aliphatic heterocycles. The number of amides is 3. The molecule has 28 heavy (non-hydrogen) atoms. The van der Waals surface area contributed by atoms with E-state index in [-0.39, 0.29) is 18.2 Å². The van der Waals surface area contributed by atoms with Crippen molar-refractivity contribution in [2.45, 2.75) is 64.3 Å². The van der Waals surface area contributed by atoms with Gasteiger partial charge in [0.15, 0.2) is 5.13 Å². The molecule has 0 spiro atoms. The number of hydrogen-bond donors (Lipinski definition) is 3. The van der Waals surface area contributed by atoms with E-state index in [9.17, 15) is 14.4 Å². The Kier molecular flexibility index (Phi) is 7.01. The van der Waals surface area contributed by atoms with Crippen molar-refractivity contribution in [2.75, 3.05) is 11.9 Å². The largest absolute Gasteiger partial charge is 0.330 e. The van der Waals surface area contributed by atoms with Gasteiger partial charge in [-0.15, -0.1) is 11.3 Å². The number of likely N-dealkylation sites (tertiary alicyclic amines) is 1. The predicted octanol–water partition coefficient (Wildman–Crippen LogP) is 2.47. The number of aromatic nitrogens is 1. The summed E-state index contributed by atoms with van der Waals surface area (Å²) >= 11 is 1.40. The van der Waals surface area contributed by atoms with E-state index in [1.807, 2.05) is 6.92 Å². The third-order valence-electron chi connectivity index (χ3n) is 5.69. The molecule has 0 unspecified atom stereocenters. The summed E-state index contributed by atoms with van der Waals surface area (Å²) in [7, 11) is 0. The molecule has 1 aliphatic carbocycles. The normalized spacial score (nSPS) is 20.9. The summed E-state index contributed by atoms with van der Waals surface area (Å²) in [5.41, 5.74) is 1.64. The van der Waals surface area contributed by atoms with E-state index in [0.717, 1.165) is 37.0 Å². The molecule has 1 aromatic heterocycles. The lowest BCUT2D eigenvalue weighted by molar-refractivity contribution is -0.143. The Hall–Kier alpha value is -2.00. The lowest BCUT2D eigenvalue weighted by atomic mass is 9.89. The molecule has 8 nitrogen and oxygen atoms in total. The molecule has 1 saturated carbocycles. The molecule has 0 aromatic carbocycles. The van der Waals surface area contributed by atoms with Gasteiger partial charge in [-0.1, -0.05) is 25.7 Å². The zero-order valence-electron chi connectivity index (χ0n) is 16.1. The maximum absolute atomic E-state index is 13.2. The SMILES string of the molecule is Cc1cnc(NC(=O)[C@@H]2CCCN2C(=O)[C@@H](CC(=O)NO)CC2CCCC2)s1. The Labute approximate surface area is 168 Å². The molecule has 3 amide bonds. The van der Waals surface area contributed by atoms with Crippen LogP contribution in [0.3, 0.4) is 0 Å². The van der Waals surface area contributed by atoms with Gasteiger partial charge in [0.05, 0.1) is 0 Å². The van der Waals surface area contributed by atoms with Crippen LogP contribution in [-0.4, -0.2) is 45.4 Å². The number of rotatable bonds is 7. The fourth-order valence-corrected chi connectivity index (χ4v) is 5.00. The van der Waals surface area contributed by atoms with E-state index < -0.39 is 17.9 Å². The zero-order chi connectivity index (χ0) is 20.1. The number of carbonyl (C=O) groups excluding carboxylic acids is 3. The van der Waals surface area contributed by atoms with Crippen molar-refractivity contribution in [1.82, 2.24) is 15.4 Å². The van der Waals surface area contributed by atoms with Gasteiger partial charge in [0.2, 0.25) is 17.7 Å². The summed E-state index contributed by atoms with van der Waals surface area (Å²) in [6.07, 6.45) is 8.07. The number of nitrogens with zero attached hydrogens (tertiary/aromatic N) is 2. The third-order valence-corrected chi connectivity index (χ3v) is 6.52. The van der Waals surface area contributed by atoms with Crippen molar-refractivity contribution < 1.29 is 19.6 Å². The van der Waals surface area contributed by atoms with Gasteiger partial charge in [-0.3, -0.25) is 19.6 Å². The number of carbonyl (C=O) groups is 3. The molecule has 2 aliphatic rings. The second kappa shape index (κ2) is 9.47. The van der Waals surface area contributed by atoms with Crippen LogP contribution in [0.1, 0.15) is 56.2 Å². The van der Waals surface area contributed by atoms with E-state index >= 15 is 0 Å². The molecule has 154 valence electrons. The summed E-state index contributed by atoms with van der Waals surface area (Å²) in [5, 5.41) is 12.2. The van der Waals surface area contributed by atoms with Crippen LogP contribution in [0.2, 0.25) is 0 Å². The fraction of sp³-hybridized carbons (Fsp3) is 0.684. The minimum atomic E-state index is -0.560. The van der Waals surface area contributed by atoms with E-state index in [4.69, 9.17) is 5.21 Å². The van der Waals surface area contributed by atoms with Crippen LogP contribution in [0.25, 0.3) is 0 Å². The Morgan fingerprint density at radius 2 is 2.04 bits per heavy atom. The quantitative estimate of drug-likeness (QED) is 0.474. The highest BCUT2D eigenvalue weighted by Crippen LogP contribution is 2.33. The highest BCUT2D eigenvalue weighted by atomic mass is 32.1. The second-order valence-corrected chi connectivity index (χ2v) is 9.01. The van der Waals surface area contributed by atoms with Crippen LogP contribution < -0.4 is 10.8 Å². The Morgan fingerprint density at radius 1 is 1.29 bits per heavy atom. The van der Waals surface area contributed by atoms with E-state index in [1.165, 1.54) is 11.3 Å². The maximum Gasteiger partial charge on any atom is 0.248 e. The monoisotopic (exact) mass is 408 g/mol. The van der Waals surface area contributed by atoms with Crippen molar-refractivity contribution in [3.63, 3.8) is 0 Å². The van der Waals surface area contributed by atoms with Crippen molar-refractivity contribution in [3.05, 3.63) is 11.1 Å². The van der Waals surface area contributed by atoms with Crippen LogP contribution in [0.5, 0.6) is 0 Å². The molecule has 2 heterocycles. The van der Waals surface area contributed by atoms with Gasteiger partial charge < -0.3 is 10.2 Å². The molecule has 2 fully saturated rings. The first kappa shape index (κ1) is 20.7. The van der Waals surface area contributed by atoms with Gasteiger partial charge in [0, 0.05) is 30.0 Å². The number of hydrogen-bond acceptors (Lipinski definition) is 6. The Balaban J connectivity index is 1.68. The lowest BCUT2D eigenvalue weighted by Crippen LogP contribution is -2.46. The molecule has 0 bridgehead atoms. The molecule has 1 saturated heterocycles. The van der Waals surface area contributed by atoms with E-state index in [0.29, 0.717) is 30.4 Å². The summed E-state index contributed by atoms with van der Waals surface area (Å²) in [6.45, 7) is 2.42. The highest BCUT2D eigenvalue weighted by Gasteiger charge is 2.38. The molecular weight excluding hydrogens is 380 g/mol. The first-order valence-electron chi connectivity index (χ1n) is 9.94. The van der Waals surface area contributed by atoms with E-state index in [2.05, 4.69) is 10.3 Å². The first-order chi connectivity index (χ1) is 13.5. The molecule has 2 atom stereocenters. The molecular formula is C19H28N4O4S. The first-order valence-corrected chi connectivity index (χ1v) is 10.8. The zero-order valence-corrected chi connectivity index (χ0v) is 17.0. The molecule has 3 N–H and O–H groups in total. The van der Waals surface area contributed by atoms with Gasteiger partial charge in [-0.25, -0.2) is 10.5 Å². The molecule has 1 aromatic rings. The maximum atomic E-state index is 13.2. The van der Waals surface area contributed by atoms with Gasteiger partial charge in [0.25, 0.3) is 0 Å². The standard InChI is InChI=1S/C19H28N4O4S/c1-12-11-20-19(28-12)21-17(25)15-7-4-8-23(15)18(26)14(10-16(24)22-27)9-13-5-2-3-6-13/h11,13-15,27H,2-10H2,1H3,(H,22,24)(H,20,21,25)/t14-,15+/m1/s1. The Bertz CT molecular complexity index is 717. The number of hydroxylamine groups is 1. The number of nitrogens with one attached hydrogen (secondary N) is 2.